The fourth-order valence-corrected chi connectivity index (χ4v) is 1.55. The number of aliphatic imine (C=N–C) groups is 1. The Morgan fingerprint density at radius 1 is 1.33 bits per heavy atom. The Balaban J connectivity index is 1.98. The van der Waals surface area contributed by atoms with Gasteiger partial charge >= 0.3 is 0 Å². The van der Waals surface area contributed by atoms with Crippen molar-refractivity contribution < 1.29 is 8.78 Å². The number of benzene rings is 1. The van der Waals surface area contributed by atoms with Gasteiger partial charge in [0, 0.05) is 31.1 Å². The maximum Gasteiger partial charge on any atom is 0.131 e. The number of rotatable bonds is 2. The van der Waals surface area contributed by atoms with Crippen molar-refractivity contribution in [3.8, 4) is 0 Å². The van der Waals surface area contributed by atoms with Crippen molar-refractivity contribution >= 4 is 5.84 Å². The highest BCUT2D eigenvalue weighted by Crippen LogP contribution is 2.10. The molecule has 0 atom stereocenters. The minimum absolute atomic E-state index is 0.366. The quantitative estimate of drug-likeness (QED) is 0.795. The Kier molecular flexibility index (Phi) is 2.94. The van der Waals surface area contributed by atoms with Crippen LogP contribution in [-0.4, -0.2) is 12.4 Å². The van der Waals surface area contributed by atoms with Gasteiger partial charge in [-0.05, 0) is 12.5 Å². The molecule has 4 heteroatoms. The predicted octanol–water partition coefficient (Wildman–Crippen LogP) is 2.25. The normalized spacial score (nSPS) is 15.2. The van der Waals surface area contributed by atoms with Gasteiger partial charge < -0.3 is 5.32 Å². The van der Waals surface area contributed by atoms with Gasteiger partial charge in [-0.25, -0.2) is 8.78 Å². The van der Waals surface area contributed by atoms with E-state index in [9.17, 15) is 8.78 Å². The molecule has 1 aromatic rings. The zero-order chi connectivity index (χ0) is 10.7. The molecule has 1 aliphatic rings. The van der Waals surface area contributed by atoms with Crippen molar-refractivity contribution in [2.75, 3.05) is 6.54 Å². The van der Waals surface area contributed by atoms with Crippen molar-refractivity contribution in [3.63, 3.8) is 0 Å². The summed E-state index contributed by atoms with van der Waals surface area (Å²) >= 11 is 0. The number of amidine groups is 1. The van der Waals surface area contributed by atoms with Gasteiger partial charge in [-0.1, -0.05) is 6.07 Å². The van der Waals surface area contributed by atoms with Crippen LogP contribution >= 0.6 is 0 Å². The van der Waals surface area contributed by atoms with Crippen LogP contribution < -0.4 is 5.32 Å². The fourth-order valence-electron chi connectivity index (χ4n) is 1.55. The van der Waals surface area contributed by atoms with Crippen LogP contribution in [0.5, 0.6) is 0 Å². The van der Waals surface area contributed by atoms with Gasteiger partial charge in [-0.3, -0.25) is 4.99 Å². The van der Waals surface area contributed by atoms with E-state index in [-0.39, 0.29) is 0 Å². The predicted molar refractivity (Wildman–Crippen MR) is 54.7 cm³/mol. The van der Waals surface area contributed by atoms with Crippen LogP contribution in [-0.2, 0) is 6.54 Å². The zero-order valence-corrected chi connectivity index (χ0v) is 8.26. The van der Waals surface area contributed by atoms with E-state index in [1.54, 1.807) is 0 Å². The lowest BCUT2D eigenvalue weighted by atomic mass is 10.2. The molecule has 2 rings (SSSR count). The van der Waals surface area contributed by atoms with E-state index < -0.39 is 11.6 Å². The Morgan fingerprint density at radius 2 is 2.20 bits per heavy atom. The van der Waals surface area contributed by atoms with Crippen molar-refractivity contribution in [2.24, 2.45) is 4.99 Å². The second-order valence-corrected chi connectivity index (χ2v) is 3.52. The second-order valence-electron chi connectivity index (χ2n) is 3.52. The van der Waals surface area contributed by atoms with Crippen LogP contribution in [0.2, 0.25) is 0 Å². The SMILES string of the molecule is Fc1ccc(CNC2=NCCC2)c(F)c1. The fraction of sp³-hybridized carbons (Fsp3) is 0.364. The molecule has 1 aromatic carbocycles. The molecule has 0 radical (unpaired) electrons. The van der Waals surface area contributed by atoms with Crippen LogP contribution in [0.3, 0.4) is 0 Å². The molecule has 1 heterocycles. The highest BCUT2D eigenvalue weighted by molar-refractivity contribution is 5.83. The summed E-state index contributed by atoms with van der Waals surface area (Å²) in [6, 6.07) is 3.61. The third kappa shape index (κ3) is 2.52. The van der Waals surface area contributed by atoms with Crippen molar-refractivity contribution in [1.29, 1.82) is 0 Å². The molecule has 1 N–H and O–H groups in total. The van der Waals surface area contributed by atoms with Crippen molar-refractivity contribution in [2.45, 2.75) is 19.4 Å². The highest BCUT2D eigenvalue weighted by atomic mass is 19.1. The zero-order valence-electron chi connectivity index (χ0n) is 8.26. The Labute approximate surface area is 87.0 Å². The summed E-state index contributed by atoms with van der Waals surface area (Å²) in [5.74, 6) is -0.144. The maximum absolute atomic E-state index is 13.2. The van der Waals surface area contributed by atoms with Crippen molar-refractivity contribution in [1.82, 2.24) is 5.32 Å². The minimum Gasteiger partial charge on any atom is -0.370 e. The average Bonchev–Trinajstić information content (AvgIpc) is 2.69. The summed E-state index contributed by atoms with van der Waals surface area (Å²) in [4.78, 5) is 4.21. The Morgan fingerprint density at radius 3 is 2.87 bits per heavy atom. The first-order valence-electron chi connectivity index (χ1n) is 4.97. The molecule has 1 aliphatic heterocycles. The van der Waals surface area contributed by atoms with Crippen LogP contribution in [0.25, 0.3) is 0 Å². The highest BCUT2D eigenvalue weighted by Gasteiger charge is 2.07. The number of halogens is 2. The first-order chi connectivity index (χ1) is 7.25. The van der Waals surface area contributed by atoms with Gasteiger partial charge in [0.25, 0.3) is 0 Å². The summed E-state index contributed by atoms with van der Waals surface area (Å²) in [6.45, 7) is 1.21. The summed E-state index contributed by atoms with van der Waals surface area (Å²) in [6.07, 6.45) is 1.97. The van der Waals surface area contributed by atoms with Gasteiger partial charge in [-0.15, -0.1) is 0 Å². The van der Waals surface area contributed by atoms with E-state index >= 15 is 0 Å². The first kappa shape index (κ1) is 10.1. The summed E-state index contributed by atoms with van der Waals surface area (Å²) in [7, 11) is 0. The topological polar surface area (TPSA) is 24.4 Å². The lowest BCUT2D eigenvalue weighted by Crippen LogP contribution is -2.21. The molecule has 0 unspecified atom stereocenters. The Hall–Kier alpha value is -1.45. The smallest absolute Gasteiger partial charge is 0.131 e. The molecule has 0 amide bonds. The lowest BCUT2D eigenvalue weighted by Gasteiger charge is -2.06. The molecule has 0 aliphatic carbocycles. The standard InChI is InChI=1S/C11H12F2N2/c12-9-4-3-8(10(13)6-9)7-15-11-2-1-5-14-11/h3-4,6H,1-2,5,7H2,(H,14,15). The monoisotopic (exact) mass is 210 g/mol. The molecule has 2 nitrogen and oxygen atoms in total. The van der Waals surface area contributed by atoms with Gasteiger partial charge in [0.05, 0.1) is 5.84 Å². The van der Waals surface area contributed by atoms with Crippen LogP contribution in [0.15, 0.2) is 23.2 Å². The largest absolute Gasteiger partial charge is 0.370 e. The molecule has 0 spiro atoms. The maximum atomic E-state index is 13.2. The third-order valence-electron chi connectivity index (χ3n) is 2.37. The molecular weight excluding hydrogens is 198 g/mol. The number of nitrogens with zero attached hydrogens (tertiary/aromatic N) is 1. The van der Waals surface area contributed by atoms with Crippen molar-refractivity contribution in [3.05, 3.63) is 35.4 Å². The van der Waals surface area contributed by atoms with Gasteiger partial charge in [0.2, 0.25) is 0 Å². The third-order valence-corrected chi connectivity index (χ3v) is 2.37. The average molecular weight is 210 g/mol. The second kappa shape index (κ2) is 4.38. The van der Waals surface area contributed by atoms with E-state index in [1.165, 1.54) is 12.1 Å². The summed E-state index contributed by atoms with van der Waals surface area (Å²) in [5.41, 5.74) is 0.464. The molecule has 0 saturated heterocycles. The van der Waals surface area contributed by atoms with E-state index in [0.717, 1.165) is 31.3 Å². The van der Waals surface area contributed by atoms with Crippen LogP contribution in [0.4, 0.5) is 8.78 Å². The van der Waals surface area contributed by atoms with E-state index in [0.29, 0.717) is 12.1 Å². The summed E-state index contributed by atoms with van der Waals surface area (Å²) in [5, 5.41) is 3.05. The number of hydrogen-bond donors (Lipinski definition) is 1. The van der Waals surface area contributed by atoms with Gasteiger partial charge in [-0.2, -0.15) is 0 Å². The van der Waals surface area contributed by atoms with Gasteiger partial charge in [0.1, 0.15) is 11.6 Å². The van der Waals surface area contributed by atoms with E-state index in [4.69, 9.17) is 0 Å². The molecule has 0 bridgehead atoms. The Bertz CT molecular complexity index is 388. The van der Waals surface area contributed by atoms with Crippen LogP contribution in [0, 0.1) is 11.6 Å². The van der Waals surface area contributed by atoms with Crippen LogP contribution in [0.1, 0.15) is 18.4 Å². The van der Waals surface area contributed by atoms with Gasteiger partial charge in [0.15, 0.2) is 0 Å². The minimum atomic E-state index is -0.547. The molecule has 0 saturated carbocycles. The first-order valence-corrected chi connectivity index (χ1v) is 4.97. The molecule has 80 valence electrons. The molecule has 0 fully saturated rings. The lowest BCUT2D eigenvalue weighted by molar-refractivity contribution is 0.570. The van der Waals surface area contributed by atoms with E-state index in [2.05, 4.69) is 10.3 Å². The summed E-state index contributed by atoms with van der Waals surface area (Å²) < 4.78 is 25.8. The number of nitrogens with one attached hydrogen (secondary N) is 1. The van der Waals surface area contributed by atoms with E-state index in [1.807, 2.05) is 0 Å². The number of hydrogen-bond acceptors (Lipinski definition) is 2. The molecule has 15 heavy (non-hydrogen) atoms. The molecule has 0 aromatic heterocycles. The molecular formula is C11H12F2N2.